The van der Waals surface area contributed by atoms with Crippen LogP contribution in [0.25, 0.3) is 6.08 Å². The van der Waals surface area contributed by atoms with Gasteiger partial charge < -0.3 is 9.88 Å². The second-order valence-electron chi connectivity index (χ2n) is 8.24. The van der Waals surface area contributed by atoms with E-state index in [4.69, 9.17) is 0 Å². The van der Waals surface area contributed by atoms with Crippen molar-refractivity contribution in [2.45, 2.75) is 58.8 Å². The van der Waals surface area contributed by atoms with E-state index in [1.54, 1.807) is 0 Å². The van der Waals surface area contributed by atoms with Gasteiger partial charge in [0.1, 0.15) is 0 Å². The molecule has 1 amide bonds. The number of carbonyl (C=O) groups is 1. The van der Waals surface area contributed by atoms with E-state index >= 15 is 0 Å². The molecule has 1 saturated carbocycles. The summed E-state index contributed by atoms with van der Waals surface area (Å²) in [6.07, 6.45) is 7.79. The second-order valence-corrected chi connectivity index (χ2v) is 8.24. The Hall–Kier alpha value is -1.88. The van der Waals surface area contributed by atoms with Crippen molar-refractivity contribution >= 4 is 17.7 Å². The maximum absolute atomic E-state index is 12.3. The average molecular weight is 357 g/mol. The lowest BCUT2D eigenvalue weighted by atomic mass is 9.93. The highest BCUT2D eigenvalue weighted by Gasteiger charge is 2.36. The van der Waals surface area contributed by atoms with Gasteiger partial charge in [0.15, 0.2) is 0 Å². The molecule has 2 heterocycles. The van der Waals surface area contributed by atoms with Gasteiger partial charge >= 0.3 is 0 Å². The number of hydrogen-bond donors (Lipinski definition) is 2. The van der Waals surface area contributed by atoms with Crippen molar-refractivity contribution in [1.82, 2.24) is 15.3 Å². The topological polar surface area (TPSA) is 60.5 Å². The Morgan fingerprint density at radius 3 is 2.62 bits per heavy atom. The van der Waals surface area contributed by atoms with Crippen LogP contribution in [0.3, 0.4) is 0 Å². The lowest BCUT2D eigenvalue weighted by molar-refractivity contribution is -0.116. The average Bonchev–Trinajstić information content (AvgIpc) is 3.27. The Kier molecular flexibility index (Phi) is 5.66. The second kappa shape index (κ2) is 7.78. The smallest absolute Gasteiger partial charge is 0.273 e. The summed E-state index contributed by atoms with van der Waals surface area (Å²) in [5.74, 6) is 0.812. The van der Waals surface area contributed by atoms with Gasteiger partial charge in [0.05, 0.1) is 11.3 Å². The van der Waals surface area contributed by atoms with Gasteiger partial charge in [-0.3, -0.25) is 4.79 Å². The Labute approximate surface area is 156 Å². The van der Waals surface area contributed by atoms with Crippen molar-refractivity contribution in [2.24, 2.45) is 11.0 Å². The van der Waals surface area contributed by atoms with Crippen LogP contribution in [0, 0.1) is 12.8 Å². The number of aromatic nitrogens is 1. The first-order valence-corrected chi connectivity index (χ1v) is 9.84. The highest BCUT2D eigenvalue weighted by atomic mass is 16.2. The van der Waals surface area contributed by atoms with Gasteiger partial charge in [-0.2, -0.15) is 5.10 Å². The highest BCUT2D eigenvalue weighted by Crippen LogP contribution is 2.36. The lowest BCUT2D eigenvalue weighted by Gasteiger charge is -2.12. The number of aromatic amines is 1. The van der Waals surface area contributed by atoms with Crippen LogP contribution < -0.4 is 5.43 Å². The molecule has 142 valence electrons. The molecule has 2 aliphatic rings. The van der Waals surface area contributed by atoms with E-state index in [-0.39, 0.29) is 5.91 Å². The molecule has 1 aliphatic carbocycles. The highest BCUT2D eigenvalue weighted by molar-refractivity contribution is 6.28. The zero-order valence-corrected chi connectivity index (χ0v) is 16.8. The van der Waals surface area contributed by atoms with Gasteiger partial charge in [0.25, 0.3) is 5.91 Å². The largest absolute Gasteiger partial charge is 0.359 e. The van der Waals surface area contributed by atoms with Gasteiger partial charge in [-0.25, -0.2) is 5.43 Å². The first-order chi connectivity index (χ1) is 12.4. The van der Waals surface area contributed by atoms with Crippen LogP contribution in [0.5, 0.6) is 0 Å². The maximum atomic E-state index is 12.3. The van der Waals surface area contributed by atoms with Gasteiger partial charge in [-0.05, 0) is 82.8 Å². The number of hydrazone groups is 1. The van der Waals surface area contributed by atoms with Gasteiger partial charge in [-0.15, -0.1) is 0 Å². The summed E-state index contributed by atoms with van der Waals surface area (Å²) in [6, 6.07) is 0. The zero-order chi connectivity index (χ0) is 18.8. The minimum Gasteiger partial charge on any atom is -0.359 e. The van der Waals surface area contributed by atoms with E-state index in [0.717, 1.165) is 42.8 Å². The summed E-state index contributed by atoms with van der Waals surface area (Å²) in [4.78, 5) is 18.0. The van der Waals surface area contributed by atoms with Crippen LogP contribution in [0.4, 0.5) is 0 Å². The number of hydrogen-bond acceptors (Lipinski definition) is 3. The van der Waals surface area contributed by atoms with Gasteiger partial charge in [-0.1, -0.05) is 13.8 Å². The number of nitrogens with zero attached hydrogens (tertiary/aromatic N) is 2. The summed E-state index contributed by atoms with van der Waals surface area (Å²) in [5.41, 5.74) is 9.44. The molecule has 0 spiro atoms. The molecule has 0 radical (unpaired) electrons. The molecule has 0 saturated heterocycles. The zero-order valence-electron chi connectivity index (χ0n) is 16.8. The lowest BCUT2D eigenvalue weighted by Crippen LogP contribution is -2.14. The molecule has 1 fully saturated rings. The van der Waals surface area contributed by atoms with Crippen molar-refractivity contribution in [2.75, 3.05) is 20.6 Å². The van der Waals surface area contributed by atoms with E-state index in [9.17, 15) is 4.79 Å². The molecule has 1 aromatic rings. The molecule has 0 bridgehead atoms. The van der Waals surface area contributed by atoms with E-state index in [1.807, 2.05) is 6.08 Å². The van der Waals surface area contributed by atoms with Crippen LogP contribution >= 0.6 is 0 Å². The number of carbonyl (C=O) groups excluding carboxylic acids is 1. The Morgan fingerprint density at radius 2 is 2.00 bits per heavy atom. The fraction of sp³-hybridized carbons (Fsp3) is 0.619. The molecular formula is C21H32N4O. The monoisotopic (exact) mass is 356 g/mol. The number of aryl methyl sites for hydroxylation is 1. The molecule has 0 unspecified atom stereocenters. The Morgan fingerprint density at radius 1 is 1.27 bits per heavy atom. The number of H-pyrrole nitrogens is 1. The predicted octanol–water partition coefficient (Wildman–Crippen LogP) is 3.61. The Bertz CT molecular complexity index is 735. The minimum absolute atomic E-state index is 0.0682. The third kappa shape index (κ3) is 4.09. The summed E-state index contributed by atoms with van der Waals surface area (Å²) in [5, 5.41) is 4.27. The van der Waals surface area contributed by atoms with Crippen molar-refractivity contribution in [3.63, 3.8) is 0 Å². The maximum Gasteiger partial charge on any atom is 0.273 e. The summed E-state index contributed by atoms with van der Waals surface area (Å²) >= 11 is 0. The van der Waals surface area contributed by atoms with Crippen LogP contribution in [-0.2, 0) is 11.2 Å². The van der Waals surface area contributed by atoms with Crippen molar-refractivity contribution in [3.05, 3.63) is 28.1 Å². The Balaban J connectivity index is 1.85. The number of unbranched alkanes of at least 4 members (excludes halogenated alkanes) is 1. The summed E-state index contributed by atoms with van der Waals surface area (Å²) in [6.45, 7) is 7.75. The molecule has 5 heteroatoms. The van der Waals surface area contributed by atoms with Crippen molar-refractivity contribution in [1.29, 1.82) is 0 Å². The first kappa shape index (κ1) is 18.9. The van der Waals surface area contributed by atoms with E-state index < -0.39 is 0 Å². The molecule has 1 aliphatic heterocycles. The fourth-order valence-electron chi connectivity index (χ4n) is 3.83. The van der Waals surface area contributed by atoms with Crippen molar-refractivity contribution in [3.8, 4) is 0 Å². The number of nitrogens with one attached hydrogen (secondary N) is 2. The van der Waals surface area contributed by atoms with Crippen LogP contribution in [0.2, 0.25) is 0 Å². The number of rotatable bonds is 8. The molecular weight excluding hydrogens is 324 g/mol. The molecule has 1 aromatic heterocycles. The normalized spacial score (nSPS) is 19.0. The quantitative estimate of drug-likeness (QED) is 0.552. The van der Waals surface area contributed by atoms with Crippen LogP contribution in [0.1, 0.15) is 68.0 Å². The van der Waals surface area contributed by atoms with E-state index in [0.29, 0.717) is 11.8 Å². The molecule has 2 N–H and O–H groups in total. The first-order valence-electron chi connectivity index (χ1n) is 9.84. The fourth-order valence-corrected chi connectivity index (χ4v) is 3.83. The summed E-state index contributed by atoms with van der Waals surface area (Å²) in [7, 11) is 4.24. The van der Waals surface area contributed by atoms with Crippen LogP contribution in [-0.4, -0.2) is 42.1 Å². The van der Waals surface area contributed by atoms with E-state index in [2.05, 4.69) is 55.3 Å². The molecule has 0 aromatic carbocycles. The van der Waals surface area contributed by atoms with Gasteiger partial charge in [0.2, 0.25) is 0 Å². The number of amides is 1. The molecule has 0 atom stereocenters. The summed E-state index contributed by atoms with van der Waals surface area (Å²) < 4.78 is 0. The molecule has 5 nitrogen and oxygen atoms in total. The third-order valence-corrected chi connectivity index (χ3v) is 5.30. The van der Waals surface area contributed by atoms with Crippen molar-refractivity contribution < 1.29 is 4.79 Å². The minimum atomic E-state index is -0.0682. The van der Waals surface area contributed by atoms with Gasteiger partial charge in [0, 0.05) is 17.3 Å². The SMILES string of the molecule is Cc1[nH]c(C=C2C(=O)NN=C2C2CC2)c(C(C)C)c1CCCCN(C)C. The third-order valence-electron chi connectivity index (χ3n) is 5.30. The molecule has 26 heavy (non-hydrogen) atoms. The molecule has 3 rings (SSSR count). The predicted molar refractivity (Wildman–Crippen MR) is 107 cm³/mol. The van der Waals surface area contributed by atoms with Crippen LogP contribution in [0.15, 0.2) is 10.7 Å². The van der Waals surface area contributed by atoms with E-state index in [1.165, 1.54) is 29.7 Å². The standard InChI is InChI=1S/C21H32N4O/c1-13(2)19-16(8-6-7-11-25(4)5)14(3)22-18(19)12-17-20(15-9-10-15)23-24-21(17)26/h12-13,15,22H,6-11H2,1-5H3,(H,24,26).